The number of hydrogen-bond acceptors (Lipinski definition) is 4. The summed E-state index contributed by atoms with van der Waals surface area (Å²) in [5.74, 6) is 0.437. The third-order valence-corrected chi connectivity index (χ3v) is 5.44. The Morgan fingerprint density at radius 3 is 2.57 bits per heavy atom. The van der Waals surface area contributed by atoms with Gasteiger partial charge in [-0.25, -0.2) is 9.37 Å². The summed E-state index contributed by atoms with van der Waals surface area (Å²) in [7, 11) is -1.42. The number of aromatic nitrogens is 1. The predicted octanol–water partition coefficient (Wildman–Crippen LogP) is 3.66. The molecule has 1 amide bonds. The van der Waals surface area contributed by atoms with Gasteiger partial charge in [-0.15, -0.1) is 0 Å². The van der Waals surface area contributed by atoms with Gasteiger partial charge in [0.15, 0.2) is 0 Å². The van der Waals surface area contributed by atoms with Gasteiger partial charge in [-0.1, -0.05) is 30.3 Å². The lowest BCUT2D eigenvalue weighted by Gasteiger charge is -2.05. The van der Waals surface area contributed by atoms with Gasteiger partial charge in [0.25, 0.3) is 0 Å². The van der Waals surface area contributed by atoms with Gasteiger partial charge in [0.05, 0.1) is 11.4 Å². The van der Waals surface area contributed by atoms with Crippen molar-refractivity contribution in [1.29, 1.82) is 0 Å². The minimum absolute atomic E-state index is 0.132. The molecular weight excluding hydrogens is 379 g/mol. The monoisotopic (exact) mass is 400 g/mol. The number of rotatable bonds is 7. The summed E-state index contributed by atoms with van der Waals surface area (Å²) in [5, 5.41) is 2.69. The van der Waals surface area contributed by atoms with Crippen LogP contribution < -0.4 is 5.32 Å². The van der Waals surface area contributed by atoms with Crippen LogP contribution in [0.25, 0.3) is 11.5 Å². The van der Waals surface area contributed by atoms with E-state index in [1.54, 1.807) is 19.1 Å². The Morgan fingerprint density at radius 2 is 1.86 bits per heavy atom. The Morgan fingerprint density at radius 1 is 1.14 bits per heavy atom. The van der Waals surface area contributed by atoms with Crippen LogP contribution in [0.1, 0.15) is 22.6 Å². The van der Waals surface area contributed by atoms with Crippen molar-refractivity contribution < 1.29 is 17.8 Å². The molecule has 0 aliphatic rings. The molecule has 1 unspecified atom stereocenters. The average molecular weight is 400 g/mol. The molecule has 1 aromatic heterocycles. The van der Waals surface area contributed by atoms with Crippen molar-refractivity contribution in [1.82, 2.24) is 10.3 Å². The van der Waals surface area contributed by atoms with Gasteiger partial charge < -0.3 is 9.73 Å². The summed E-state index contributed by atoms with van der Waals surface area (Å²) in [5.41, 5.74) is 3.29. The maximum Gasteiger partial charge on any atom is 0.232 e. The molecular formula is C21H21FN2O3S. The smallest absolute Gasteiger partial charge is 0.232 e. The molecule has 1 atom stereocenters. The van der Waals surface area contributed by atoms with Gasteiger partial charge in [-0.3, -0.25) is 9.00 Å². The highest BCUT2D eigenvalue weighted by Crippen LogP contribution is 2.25. The summed E-state index contributed by atoms with van der Waals surface area (Å²) < 4.78 is 31.0. The van der Waals surface area contributed by atoms with E-state index >= 15 is 0 Å². The quantitative estimate of drug-likeness (QED) is 0.657. The molecule has 0 bridgehead atoms. The van der Waals surface area contributed by atoms with Crippen molar-refractivity contribution in [3.05, 3.63) is 76.9 Å². The molecule has 0 fully saturated rings. The number of carbonyl (C=O) groups is 1. The number of carbonyl (C=O) groups excluding carboxylic acids is 1. The Kier molecular flexibility index (Phi) is 6.36. The van der Waals surface area contributed by atoms with Crippen LogP contribution in [0.15, 0.2) is 52.9 Å². The lowest BCUT2D eigenvalue weighted by atomic mass is 10.1. The van der Waals surface area contributed by atoms with E-state index in [0.29, 0.717) is 17.3 Å². The zero-order chi connectivity index (χ0) is 20.1. The number of hydrogen-bond donors (Lipinski definition) is 1. The first-order chi connectivity index (χ1) is 13.4. The molecule has 1 N–H and O–H groups in total. The molecule has 146 valence electrons. The highest BCUT2D eigenvalue weighted by atomic mass is 32.2. The second-order valence-electron chi connectivity index (χ2n) is 6.47. The zero-order valence-electron chi connectivity index (χ0n) is 15.7. The lowest BCUT2D eigenvalue weighted by Crippen LogP contribution is -2.28. The fourth-order valence-corrected chi connectivity index (χ4v) is 3.76. The van der Waals surface area contributed by atoms with Crippen molar-refractivity contribution in [2.75, 3.05) is 5.75 Å². The Bertz CT molecular complexity index is 999. The lowest BCUT2D eigenvalue weighted by molar-refractivity contribution is -0.118. The van der Waals surface area contributed by atoms with Crippen LogP contribution in [-0.2, 0) is 27.9 Å². The maximum absolute atomic E-state index is 12.9. The molecule has 7 heteroatoms. The van der Waals surface area contributed by atoms with E-state index in [0.717, 1.165) is 16.7 Å². The fourth-order valence-electron chi connectivity index (χ4n) is 2.69. The van der Waals surface area contributed by atoms with Crippen LogP contribution in [-0.4, -0.2) is 20.9 Å². The van der Waals surface area contributed by atoms with Gasteiger partial charge in [0, 0.05) is 22.9 Å². The minimum Gasteiger partial charge on any atom is -0.441 e. The van der Waals surface area contributed by atoms with Gasteiger partial charge in [0.1, 0.15) is 17.3 Å². The number of amides is 1. The first-order valence-electron chi connectivity index (χ1n) is 8.81. The van der Waals surface area contributed by atoms with Crippen LogP contribution in [0.3, 0.4) is 0 Å². The molecule has 0 aliphatic carbocycles. The first kappa shape index (κ1) is 19.9. The van der Waals surface area contributed by atoms with Gasteiger partial charge in [-0.05, 0) is 43.2 Å². The molecule has 0 spiro atoms. The largest absolute Gasteiger partial charge is 0.441 e. The predicted molar refractivity (Wildman–Crippen MR) is 106 cm³/mol. The topological polar surface area (TPSA) is 72.2 Å². The normalized spacial score (nSPS) is 12.0. The van der Waals surface area contributed by atoms with Crippen molar-refractivity contribution in [2.24, 2.45) is 0 Å². The molecule has 2 aromatic carbocycles. The first-order valence-corrected chi connectivity index (χ1v) is 10.3. The average Bonchev–Trinajstić information content (AvgIpc) is 3.01. The zero-order valence-corrected chi connectivity index (χ0v) is 16.5. The Balaban J connectivity index is 1.56. The number of benzene rings is 2. The highest BCUT2D eigenvalue weighted by molar-refractivity contribution is 7.84. The van der Waals surface area contributed by atoms with Crippen LogP contribution in [0.2, 0.25) is 0 Å². The summed E-state index contributed by atoms with van der Waals surface area (Å²) >= 11 is 0. The van der Waals surface area contributed by atoms with Gasteiger partial charge in [0.2, 0.25) is 11.8 Å². The molecule has 0 saturated heterocycles. The molecule has 1 heterocycles. The van der Waals surface area contributed by atoms with E-state index in [4.69, 9.17) is 4.42 Å². The summed E-state index contributed by atoms with van der Waals surface area (Å²) in [6.07, 6.45) is 0. The van der Waals surface area contributed by atoms with E-state index in [1.807, 2.05) is 31.2 Å². The molecule has 3 aromatic rings. The van der Waals surface area contributed by atoms with Crippen LogP contribution in [0, 0.1) is 19.7 Å². The number of nitrogens with zero attached hydrogens (tertiary/aromatic N) is 1. The van der Waals surface area contributed by atoms with Crippen molar-refractivity contribution in [3.63, 3.8) is 0 Å². The van der Waals surface area contributed by atoms with Gasteiger partial charge >= 0.3 is 0 Å². The molecule has 0 aliphatic heterocycles. The summed E-state index contributed by atoms with van der Waals surface area (Å²) in [6, 6.07) is 13.6. The van der Waals surface area contributed by atoms with E-state index in [2.05, 4.69) is 10.3 Å². The molecule has 28 heavy (non-hydrogen) atoms. The van der Waals surface area contributed by atoms with Crippen LogP contribution in [0.4, 0.5) is 4.39 Å². The van der Waals surface area contributed by atoms with E-state index in [1.165, 1.54) is 12.1 Å². The van der Waals surface area contributed by atoms with E-state index in [9.17, 15) is 13.4 Å². The third-order valence-electron chi connectivity index (χ3n) is 4.26. The molecule has 5 nitrogen and oxygen atoms in total. The fraction of sp³-hybridized carbons (Fsp3) is 0.238. The second kappa shape index (κ2) is 8.93. The second-order valence-corrected chi connectivity index (χ2v) is 7.93. The minimum atomic E-state index is -1.42. The number of aryl methyl sites for hydroxylation is 2. The third kappa shape index (κ3) is 5.13. The molecule has 0 saturated carbocycles. The maximum atomic E-state index is 12.9. The van der Waals surface area contributed by atoms with Crippen molar-refractivity contribution >= 4 is 16.7 Å². The Labute approximate surface area is 165 Å². The van der Waals surface area contributed by atoms with E-state index in [-0.39, 0.29) is 29.8 Å². The number of nitrogens with one attached hydrogen (secondary N) is 1. The molecule has 3 rings (SSSR count). The number of halogens is 1. The summed E-state index contributed by atoms with van der Waals surface area (Å²) in [4.78, 5) is 16.5. The van der Waals surface area contributed by atoms with Crippen molar-refractivity contribution in [2.45, 2.75) is 26.1 Å². The highest BCUT2D eigenvalue weighted by Gasteiger charge is 2.16. The summed E-state index contributed by atoms with van der Waals surface area (Å²) in [6.45, 7) is 4.00. The van der Waals surface area contributed by atoms with Crippen LogP contribution >= 0.6 is 0 Å². The SMILES string of the molecule is Cc1ccccc1-c1nc(CS(=O)CC(=O)NCc2ccc(F)cc2)c(C)o1. The van der Waals surface area contributed by atoms with Gasteiger partial charge in [-0.2, -0.15) is 0 Å². The standard InChI is InChI=1S/C21H21FN2O3S/c1-14-5-3-4-6-18(14)21-24-19(15(2)27-21)12-28(26)13-20(25)23-11-16-7-9-17(22)10-8-16/h3-10H,11-13H2,1-2H3,(H,23,25). The Hall–Kier alpha value is -2.80. The number of oxazole rings is 1. The van der Waals surface area contributed by atoms with Crippen LogP contribution in [0.5, 0.6) is 0 Å². The molecule has 0 radical (unpaired) electrons. The van der Waals surface area contributed by atoms with Crippen molar-refractivity contribution in [3.8, 4) is 11.5 Å². The van der Waals surface area contributed by atoms with E-state index < -0.39 is 10.8 Å².